The summed E-state index contributed by atoms with van der Waals surface area (Å²) in [5, 5.41) is 17.1. The molecule has 7 heteroatoms. The molecule has 0 rings (SSSR count). The molecule has 0 radical (unpaired) electrons. The highest BCUT2D eigenvalue weighted by Gasteiger charge is 2.24. The zero-order valence-electron chi connectivity index (χ0n) is 15.9. The van der Waals surface area contributed by atoms with Gasteiger partial charge in [-0.05, 0) is 26.2 Å². The van der Waals surface area contributed by atoms with Crippen LogP contribution in [0.15, 0.2) is 4.99 Å². The molecule has 0 aromatic heterocycles. The molecular formula is C17H38IN3O3. The van der Waals surface area contributed by atoms with Gasteiger partial charge >= 0.3 is 0 Å². The van der Waals surface area contributed by atoms with Crippen LogP contribution < -0.4 is 10.6 Å². The van der Waals surface area contributed by atoms with Crippen molar-refractivity contribution < 1.29 is 14.6 Å². The quantitative estimate of drug-likeness (QED) is 0.161. The summed E-state index contributed by atoms with van der Waals surface area (Å²) < 4.78 is 10.4. The number of halogens is 1. The van der Waals surface area contributed by atoms with Gasteiger partial charge in [-0.25, -0.2) is 0 Å². The predicted octanol–water partition coefficient (Wildman–Crippen LogP) is 2.54. The predicted molar refractivity (Wildman–Crippen MR) is 111 cm³/mol. The Hall–Kier alpha value is -0.120. The van der Waals surface area contributed by atoms with E-state index in [1.807, 2.05) is 6.92 Å². The van der Waals surface area contributed by atoms with Gasteiger partial charge in [-0.2, -0.15) is 0 Å². The van der Waals surface area contributed by atoms with E-state index >= 15 is 0 Å². The number of ether oxygens (including phenoxy) is 2. The van der Waals surface area contributed by atoms with Crippen LogP contribution in [0.5, 0.6) is 0 Å². The molecule has 0 aromatic carbocycles. The summed E-state index contributed by atoms with van der Waals surface area (Å²) in [5.74, 6) is 0.759. The Bertz CT molecular complexity index is 299. The van der Waals surface area contributed by atoms with Crippen molar-refractivity contribution in [1.82, 2.24) is 10.6 Å². The molecule has 0 saturated heterocycles. The Morgan fingerprint density at radius 2 is 1.71 bits per heavy atom. The summed E-state index contributed by atoms with van der Waals surface area (Å²) in [6.07, 6.45) is 4.42. The lowest BCUT2D eigenvalue weighted by Gasteiger charge is -2.26. The second-order valence-corrected chi connectivity index (χ2v) is 5.81. The molecule has 0 aliphatic heterocycles. The zero-order valence-corrected chi connectivity index (χ0v) is 18.2. The zero-order chi connectivity index (χ0) is 17.4. The first-order valence-corrected chi connectivity index (χ1v) is 8.93. The fourth-order valence-electron chi connectivity index (χ4n) is 2.41. The molecule has 0 aliphatic carbocycles. The fourth-order valence-corrected chi connectivity index (χ4v) is 2.41. The third kappa shape index (κ3) is 14.2. The average molecular weight is 459 g/mol. The Labute approximate surface area is 165 Å². The minimum absolute atomic E-state index is 0. The molecule has 0 aliphatic rings. The van der Waals surface area contributed by atoms with Crippen molar-refractivity contribution in [2.45, 2.75) is 58.5 Å². The molecule has 0 fully saturated rings. The number of rotatable bonds is 14. The normalized spacial score (nSPS) is 12.0. The number of aliphatic hydroxyl groups is 1. The Kier molecular flexibility index (Phi) is 19.3. The Morgan fingerprint density at radius 1 is 1.04 bits per heavy atom. The molecule has 0 bridgehead atoms. The van der Waals surface area contributed by atoms with Crippen LogP contribution in [0.4, 0.5) is 0 Å². The van der Waals surface area contributed by atoms with E-state index in [1.54, 1.807) is 7.11 Å². The summed E-state index contributed by atoms with van der Waals surface area (Å²) >= 11 is 0. The van der Waals surface area contributed by atoms with E-state index in [1.165, 1.54) is 0 Å². The lowest BCUT2D eigenvalue weighted by Crippen LogP contribution is -2.40. The van der Waals surface area contributed by atoms with E-state index < -0.39 is 5.60 Å². The molecular weight excluding hydrogens is 421 g/mol. The van der Waals surface area contributed by atoms with E-state index in [0.717, 1.165) is 51.2 Å². The van der Waals surface area contributed by atoms with Gasteiger partial charge in [0.05, 0.1) is 25.4 Å². The molecule has 0 aromatic rings. The number of aliphatic imine (C=N–C) groups is 1. The van der Waals surface area contributed by atoms with Crippen molar-refractivity contribution in [2.75, 3.05) is 46.6 Å². The van der Waals surface area contributed by atoms with Gasteiger partial charge in [-0.15, -0.1) is 24.0 Å². The number of hydrogen-bond acceptors (Lipinski definition) is 4. The largest absolute Gasteiger partial charge is 0.388 e. The third-order valence-corrected chi connectivity index (χ3v) is 3.50. The highest BCUT2D eigenvalue weighted by molar-refractivity contribution is 14.0. The van der Waals surface area contributed by atoms with Gasteiger partial charge in [0.25, 0.3) is 0 Å². The fraction of sp³-hybridized carbons (Fsp3) is 0.941. The van der Waals surface area contributed by atoms with Crippen LogP contribution in [0, 0.1) is 0 Å². The summed E-state index contributed by atoms with van der Waals surface area (Å²) in [6.45, 7) is 10.2. The van der Waals surface area contributed by atoms with E-state index in [9.17, 15) is 5.11 Å². The molecule has 0 atom stereocenters. The van der Waals surface area contributed by atoms with Crippen LogP contribution in [-0.2, 0) is 9.47 Å². The Morgan fingerprint density at radius 3 is 2.25 bits per heavy atom. The highest BCUT2D eigenvalue weighted by atomic mass is 127. The summed E-state index contributed by atoms with van der Waals surface area (Å²) in [6, 6.07) is 0. The molecule has 0 heterocycles. The first kappa shape index (κ1) is 26.1. The van der Waals surface area contributed by atoms with Gasteiger partial charge in [-0.1, -0.05) is 26.7 Å². The molecule has 0 saturated carbocycles. The van der Waals surface area contributed by atoms with Crippen LogP contribution >= 0.6 is 24.0 Å². The maximum Gasteiger partial charge on any atom is 0.191 e. The van der Waals surface area contributed by atoms with E-state index in [4.69, 9.17) is 9.47 Å². The number of guanidine groups is 1. The second kappa shape index (κ2) is 17.7. The van der Waals surface area contributed by atoms with E-state index in [2.05, 4.69) is 29.5 Å². The van der Waals surface area contributed by atoms with Crippen molar-refractivity contribution in [1.29, 1.82) is 0 Å². The molecule has 6 nitrogen and oxygen atoms in total. The Balaban J connectivity index is 0. The monoisotopic (exact) mass is 459 g/mol. The third-order valence-electron chi connectivity index (χ3n) is 3.50. The van der Waals surface area contributed by atoms with Crippen LogP contribution in [0.1, 0.15) is 52.9 Å². The van der Waals surface area contributed by atoms with Crippen molar-refractivity contribution in [3.63, 3.8) is 0 Å². The SMILES string of the molecule is CCCC(O)(CCC)CN=C(NCC)NCCCOCCOC.I. The van der Waals surface area contributed by atoms with Gasteiger partial charge in [0.1, 0.15) is 0 Å². The summed E-state index contributed by atoms with van der Waals surface area (Å²) in [4.78, 5) is 4.55. The second-order valence-electron chi connectivity index (χ2n) is 5.81. The van der Waals surface area contributed by atoms with Gasteiger partial charge in [-0.3, -0.25) is 4.99 Å². The summed E-state index contributed by atoms with van der Waals surface area (Å²) in [7, 11) is 1.67. The molecule has 0 amide bonds. The minimum Gasteiger partial charge on any atom is -0.388 e. The minimum atomic E-state index is -0.685. The molecule has 0 spiro atoms. The van der Waals surface area contributed by atoms with E-state index in [-0.39, 0.29) is 24.0 Å². The van der Waals surface area contributed by atoms with Gasteiger partial charge in [0, 0.05) is 26.8 Å². The van der Waals surface area contributed by atoms with Gasteiger partial charge in [0.2, 0.25) is 0 Å². The van der Waals surface area contributed by atoms with E-state index in [0.29, 0.717) is 26.4 Å². The number of hydrogen-bond donors (Lipinski definition) is 3. The standard InChI is InChI=1S/C17H37N3O3.HI/c1-5-9-17(21,10-6-2)15-20-16(18-7-3)19-11-8-12-23-14-13-22-4;/h21H,5-15H2,1-4H3,(H2,18,19,20);1H. The number of nitrogens with zero attached hydrogens (tertiary/aromatic N) is 1. The van der Waals surface area contributed by atoms with Crippen molar-refractivity contribution >= 4 is 29.9 Å². The van der Waals surface area contributed by atoms with Crippen LogP contribution in [0.2, 0.25) is 0 Å². The van der Waals surface area contributed by atoms with Gasteiger partial charge < -0.3 is 25.2 Å². The number of methoxy groups -OCH3 is 1. The summed E-state index contributed by atoms with van der Waals surface area (Å²) in [5.41, 5.74) is -0.685. The molecule has 0 unspecified atom stereocenters. The van der Waals surface area contributed by atoms with Gasteiger partial charge in [0.15, 0.2) is 5.96 Å². The maximum atomic E-state index is 10.6. The molecule has 146 valence electrons. The lowest BCUT2D eigenvalue weighted by molar-refractivity contribution is 0.0306. The highest BCUT2D eigenvalue weighted by Crippen LogP contribution is 2.19. The number of nitrogens with one attached hydrogen (secondary N) is 2. The maximum absolute atomic E-state index is 10.6. The average Bonchev–Trinajstić information content (AvgIpc) is 2.52. The van der Waals surface area contributed by atoms with Crippen molar-refractivity contribution in [3.8, 4) is 0 Å². The smallest absolute Gasteiger partial charge is 0.191 e. The molecule has 3 N–H and O–H groups in total. The van der Waals surface area contributed by atoms with Crippen molar-refractivity contribution in [2.24, 2.45) is 4.99 Å². The first-order chi connectivity index (χ1) is 11.1. The topological polar surface area (TPSA) is 75.1 Å². The lowest BCUT2D eigenvalue weighted by atomic mass is 9.93. The molecule has 24 heavy (non-hydrogen) atoms. The van der Waals surface area contributed by atoms with Crippen LogP contribution in [-0.4, -0.2) is 63.2 Å². The van der Waals surface area contributed by atoms with Crippen LogP contribution in [0.3, 0.4) is 0 Å². The van der Waals surface area contributed by atoms with Crippen LogP contribution in [0.25, 0.3) is 0 Å². The first-order valence-electron chi connectivity index (χ1n) is 8.93. The van der Waals surface area contributed by atoms with Crippen molar-refractivity contribution in [3.05, 3.63) is 0 Å².